The van der Waals surface area contributed by atoms with Gasteiger partial charge < -0.3 is 18.8 Å². The molecule has 0 saturated heterocycles. The van der Waals surface area contributed by atoms with E-state index in [1.54, 1.807) is 44.4 Å². The second kappa shape index (κ2) is 6.35. The monoisotopic (exact) mass is 289 g/mol. The highest BCUT2D eigenvalue weighted by molar-refractivity contribution is 5.94. The van der Waals surface area contributed by atoms with E-state index in [1.165, 1.54) is 0 Å². The molecule has 1 aromatic heterocycles. The number of benzene rings is 1. The Bertz CT molecular complexity index is 611. The molecule has 0 aliphatic rings. The van der Waals surface area contributed by atoms with Crippen molar-refractivity contribution < 1.29 is 18.7 Å². The van der Waals surface area contributed by atoms with Crippen LogP contribution < -0.4 is 9.47 Å². The minimum atomic E-state index is -0.124. The van der Waals surface area contributed by atoms with Crippen molar-refractivity contribution in [1.29, 1.82) is 0 Å². The van der Waals surface area contributed by atoms with E-state index >= 15 is 0 Å². The Labute approximate surface area is 124 Å². The summed E-state index contributed by atoms with van der Waals surface area (Å²) in [5.74, 6) is 2.62. The molecule has 0 fully saturated rings. The number of methoxy groups -OCH3 is 2. The first-order chi connectivity index (χ1) is 10.0. The van der Waals surface area contributed by atoms with Gasteiger partial charge in [0.1, 0.15) is 23.0 Å². The zero-order chi connectivity index (χ0) is 15.4. The molecule has 0 atom stereocenters. The number of carbonyl (C=O) groups is 1. The van der Waals surface area contributed by atoms with Crippen LogP contribution in [0.25, 0.3) is 0 Å². The lowest BCUT2D eigenvalue weighted by atomic mass is 10.1. The minimum Gasteiger partial charge on any atom is -0.497 e. The molecule has 1 heterocycles. The molecule has 0 radical (unpaired) electrons. The standard InChI is InChI=1S/C16H19NO4/c1-11-5-6-13(21-11)10-17(2)16(18)12-7-14(19-3)9-15(8-12)20-4/h5-9H,10H2,1-4H3. The Kier molecular flexibility index (Phi) is 4.52. The molecule has 2 aromatic rings. The first-order valence-electron chi connectivity index (χ1n) is 6.57. The molecule has 0 unspecified atom stereocenters. The minimum absolute atomic E-state index is 0.124. The highest BCUT2D eigenvalue weighted by atomic mass is 16.5. The van der Waals surface area contributed by atoms with Crippen LogP contribution in [0.2, 0.25) is 0 Å². The first kappa shape index (κ1) is 15.0. The normalized spacial score (nSPS) is 10.3. The number of rotatable bonds is 5. The smallest absolute Gasteiger partial charge is 0.254 e. The molecule has 2 rings (SSSR count). The quantitative estimate of drug-likeness (QED) is 0.849. The lowest BCUT2D eigenvalue weighted by molar-refractivity contribution is 0.0774. The zero-order valence-electron chi connectivity index (χ0n) is 12.7. The van der Waals surface area contributed by atoms with E-state index in [9.17, 15) is 4.79 Å². The van der Waals surface area contributed by atoms with Gasteiger partial charge in [-0.25, -0.2) is 0 Å². The van der Waals surface area contributed by atoms with Gasteiger partial charge in [0.25, 0.3) is 5.91 Å². The van der Waals surface area contributed by atoms with Crippen LogP contribution >= 0.6 is 0 Å². The van der Waals surface area contributed by atoms with E-state index in [2.05, 4.69) is 0 Å². The van der Waals surface area contributed by atoms with Crippen molar-refractivity contribution in [2.24, 2.45) is 0 Å². The molecule has 0 aliphatic heterocycles. The first-order valence-corrected chi connectivity index (χ1v) is 6.57. The SMILES string of the molecule is COc1cc(OC)cc(C(=O)N(C)Cc2ccc(C)o2)c1. The number of hydrogen-bond donors (Lipinski definition) is 0. The van der Waals surface area contributed by atoms with Crippen LogP contribution in [0.5, 0.6) is 11.5 Å². The maximum atomic E-state index is 12.5. The van der Waals surface area contributed by atoms with Crippen molar-refractivity contribution in [3.05, 3.63) is 47.4 Å². The van der Waals surface area contributed by atoms with Gasteiger partial charge in [0.15, 0.2) is 0 Å². The number of ether oxygens (including phenoxy) is 2. The van der Waals surface area contributed by atoms with Crippen molar-refractivity contribution in [2.75, 3.05) is 21.3 Å². The summed E-state index contributed by atoms with van der Waals surface area (Å²) < 4.78 is 15.8. The summed E-state index contributed by atoms with van der Waals surface area (Å²) in [7, 11) is 4.84. The topological polar surface area (TPSA) is 51.9 Å². The van der Waals surface area contributed by atoms with Crippen LogP contribution in [0.1, 0.15) is 21.9 Å². The van der Waals surface area contributed by atoms with Crippen LogP contribution in [0, 0.1) is 6.92 Å². The molecule has 112 valence electrons. The van der Waals surface area contributed by atoms with Crippen molar-refractivity contribution in [3.8, 4) is 11.5 Å². The second-order valence-corrected chi connectivity index (χ2v) is 4.77. The molecule has 1 aromatic carbocycles. The summed E-state index contributed by atoms with van der Waals surface area (Å²) in [6.07, 6.45) is 0. The Morgan fingerprint density at radius 3 is 2.24 bits per heavy atom. The fourth-order valence-electron chi connectivity index (χ4n) is 2.03. The molecule has 21 heavy (non-hydrogen) atoms. The molecule has 0 N–H and O–H groups in total. The maximum absolute atomic E-state index is 12.5. The van der Waals surface area contributed by atoms with Gasteiger partial charge in [0.05, 0.1) is 20.8 Å². The van der Waals surface area contributed by atoms with Gasteiger partial charge >= 0.3 is 0 Å². The number of aryl methyl sites for hydroxylation is 1. The van der Waals surface area contributed by atoms with Gasteiger partial charge in [-0.1, -0.05) is 0 Å². The highest BCUT2D eigenvalue weighted by Gasteiger charge is 2.15. The summed E-state index contributed by atoms with van der Waals surface area (Å²) in [6, 6.07) is 8.85. The van der Waals surface area contributed by atoms with Crippen LogP contribution in [-0.4, -0.2) is 32.1 Å². The van der Waals surface area contributed by atoms with Crippen molar-refractivity contribution >= 4 is 5.91 Å². The average molecular weight is 289 g/mol. The lowest BCUT2D eigenvalue weighted by Gasteiger charge is -2.17. The average Bonchev–Trinajstić information content (AvgIpc) is 2.90. The largest absolute Gasteiger partial charge is 0.497 e. The van der Waals surface area contributed by atoms with Gasteiger partial charge in [0.2, 0.25) is 0 Å². The van der Waals surface area contributed by atoms with Gasteiger partial charge in [-0.2, -0.15) is 0 Å². The van der Waals surface area contributed by atoms with Gasteiger partial charge in [-0.15, -0.1) is 0 Å². The summed E-state index contributed by atoms with van der Waals surface area (Å²) in [4.78, 5) is 14.1. The maximum Gasteiger partial charge on any atom is 0.254 e. The molecule has 5 heteroatoms. The third-order valence-electron chi connectivity index (χ3n) is 3.13. The Morgan fingerprint density at radius 2 is 1.76 bits per heavy atom. The molecule has 0 aliphatic carbocycles. The van der Waals surface area contributed by atoms with Crippen LogP contribution in [0.4, 0.5) is 0 Å². The number of amides is 1. The van der Waals surface area contributed by atoms with E-state index in [0.717, 1.165) is 11.5 Å². The fourth-order valence-corrected chi connectivity index (χ4v) is 2.03. The molecular weight excluding hydrogens is 270 g/mol. The summed E-state index contributed by atoms with van der Waals surface area (Å²) in [6.45, 7) is 2.28. The summed E-state index contributed by atoms with van der Waals surface area (Å²) in [5, 5.41) is 0. The van der Waals surface area contributed by atoms with Gasteiger partial charge in [-0.3, -0.25) is 4.79 Å². The number of furan rings is 1. The Balaban J connectivity index is 2.18. The molecule has 0 bridgehead atoms. The van der Waals surface area contributed by atoms with E-state index in [1.807, 2.05) is 19.1 Å². The zero-order valence-corrected chi connectivity index (χ0v) is 12.7. The predicted octanol–water partition coefficient (Wildman–Crippen LogP) is 2.88. The van der Waals surface area contributed by atoms with E-state index in [0.29, 0.717) is 23.6 Å². The number of carbonyl (C=O) groups excluding carboxylic acids is 1. The van der Waals surface area contributed by atoms with Gasteiger partial charge in [0, 0.05) is 18.7 Å². The summed E-state index contributed by atoms with van der Waals surface area (Å²) >= 11 is 0. The third-order valence-corrected chi connectivity index (χ3v) is 3.13. The highest BCUT2D eigenvalue weighted by Crippen LogP contribution is 2.23. The molecule has 5 nitrogen and oxygen atoms in total. The van der Waals surface area contributed by atoms with Crippen molar-refractivity contribution in [2.45, 2.75) is 13.5 Å². The third kappa shape index (κ3) is 3.56. The van der Waals surface area contributed by atoms with Crippen LogP contribution in [0.15, 0.2) is 34.7 Å². The van der Waals surface area contributed by atoms with Gasteiger partial charge in [-0.05, 0) is 31.2 Å². The number of nitrogens with zero attached hydrogens (tertiary/aromatic N) is 1. The van der Waals surface area contributed by atoms with E-state index in [4.69, 9.17) is 13.9 Å². The number of hydrogen-bond acceptors (Lipinski definition) is 4. The lowest BCUT2D eigenvalue weighted by Crippen LogP contribution is -2.26. The summed E-state index contributed by atoms with van der Waals surface area (Å²) in [5.41, 5.74) is 0.511. The molecular formula is C16H19NO4. The van der Waals surface area contributed by atoms with E-state index in [-0.39, 0.29) is 5.91 Å². The predicted molar refractivity (Wildman–Crippen MR) is 78.8 cm³/mol. The fraction of sp³-hybridized carbons (Fsp3) is 0.312. The molecule has 0 spiro atoms. The van der Waals surface area contributed by atoms with Crippen molar-refractivity contribution in [3.63, 3.8) is 0 Å². The van der Waals surface area contributed by atoms with Crippen LogP contribution in [-0.2, 0) is 6.54 Å². The Hall–Kier alpha value is -2.43. The van der Waals surface area contributed by atoms with Crippen molar-refractivity contribution in [1.82, 2.24) is 4.90 Å². The Morgan fingerprint density at radius 1 is 1.14 bits per heavy atom. The molecule has 1 amide bonds. The second-order valence-electron chi connectivity index (χ2n) is 4.77. The van der Waals surface area contributed by atoms with E-state index < -0.39 is 0 Å². The van der Waals surface area contributed by atoms with Crippen LogP contribution in [0.3, 0.4) is 0 Å². The molecule has 0 saturated carbocycles.